The first kappa shape index (κ1) is 20.6. The largest absolute Gasteiger partial charge is 1.00 e. The molecule has 13 heavy (non-hydrogen) atoms. The summed E-state index contributed by atoms with van der Waals surface area (Å²) in [6.07, 6.45) is 0. The molecule has 0 saturated heterocycles. The Labute approximate surface area is 118 Å². The minimum Gasteiger partial charge on any atom is -0.756 e. The van der Waals surface area contributed by atoms with E-state index < -0.39 is 22.4 Å². The number of hydrogen-bond donors (Lipinski definition) is 2. The Bertz CT molecular complexity index is 210. The molecule has 0 bridgehead atoms. The molecule has 2 atom stereocenters. The fourth-order valence-corrected chi connectivity index (χ4v) is 1.56. The van der Waals surface area contributed by atoms with Crippen LogP contribution in [-0.4, -0.2) is 16.8 Å². The van der Waals surface area contributed by atoms with Gasteiger partial charge in [0.25, 0.3) is 15.6 Å². The van der Waals surface area contributed by atoms with E-state index in [1.54, 1.807) is 0 Å². The van der Waals surface area contributed by atoms with Crippen molar-refractivity contribution in [2.45, 2.75) is 0 Å². The molecule has 0 fully saturated rings. The Morgan fingerprint density at radius 1 is 1.23 bits per heavy atom. The van der Waals surface area contributed by atoms with Gasteiger partial charge in [-0.2, -0.15) is 0 Å². The fourth-order valence-electron chi connectivity index (χ4n) is 0.221. The van der Waals surface area contributed by atoms with Crippen molar-refractivity contribution in [2.24, 2.45) is 0 Å². The number of aliphatic hydroxyl groups is 1. The van der Waals surface area contributed by atoms with E-state index in [9.17, 15) is 18.9 Å². The predicted octanol–water partition coefficient (Wildman–Crippen LogP) is -8.09. The van der Waals surface area contributed by atoms with Crippen LogP contribution < -0.4 is 68.9 Å². The number of aliphatic hydroxyl groups excluding tert-OH is 1. The monoisotopic (exact) mass is 252 g/mol. The van der Waals surface area contributed by atoms with Crippen molar-refractivity contribution in [3.05, 3.63) is 0 Å². The van der Waals surface area contributed by atoms with Gasteiger partial charge in [0, 0.05) is 0 Å². The van der Waals surface area contributed by atoms with Crippen molar-refractivity contribution in [3.8, 4) is 0 Å². The maximum absolute atomic E-state index is 10.1. The standard InChI is InChI=1S/CH6O8P2.2Na/c2-1-8-11(6,7)9-10(3,4)5;;/h2H,1H2,(H,6,7)(H2,3,4,5);;/q;2*+1/p-2. The normalized spacial score (nSPS) is 18.8. The van der Waals surface area contributed by atoms with Crippen LogP contribution in [0.1, 0.15) is 0 Å². The van der Waals surface area contributed by atoms with Crippen molar-refractivity contribution in [2.75, 3.05) is 6.79 Å². The minimum absolute atomic E-state index is 0. The molecule has 0 radical (unpaired) electrons. The second-order valence-electron chi connectivity index (χ2n) is 1.26. The second kappa shape index (κ2) is 8.38. The van der Waals surface area contributed by atoms with Crippen LogP contribution in [0, 0.1) is 0 Å². The Balaban J connectivity index is -0.000000500. The van der Waals surface area contributed by atoms with Crippen LogP contribution in [-0.2, 0) is 18.0 Å². The topological polar surface area (TPSA) is 139 Å². The Morgan fingerprint density at radius 3 is 1.85 bits per heavy atom. The van der Waals surface area contributed by atoms with Gasteiger partial charge in [0.05, 0.1) is 0 Å². The molecule has 2 N–H and O–H groups in total. The zero-order chi connectivity index (χ0) is 9.12. The summed E-state index contributed by atoms with van der Waals surface area (Å²) < 4.78 is 26.3. The van der Waals surface area contributed by atoms with E-state index in [4.69, 9.17) is 10.00 Å². The van der Waals surface area contributed by atoms with Crippen LogP contribution >= 0.6 is 15.6 Å². The van der Waals surface area contributed by atoms with Crippen LogP contribution in [0.4, 0.5) is 0 Å². The molecule has 0 spiro atoms. The maximum Gasteiger partial charge on any atom is 1.00 e. The first-order chi connectivity index (χ1) is 4.77. The summed E-state index contributed by atoms with van der Waals surface area (Å²) in [5.74, 6) is 0. The summed E-state index contributed by atoms with van der Waals surface area (Å²) in [5, 5.41) is 7.85. The van der Waals surface area contributed by atoms with Crippen molar-refractivity contribution in [3.63, 3.8) is 0 Å². The van der Waals surface area contributed by atoms with E-state index in [1.165, 1.54) is 0 Å². The summed E-state index contributed by atoms with van der Waals surface area (Å²) in [6.45, 7) is -1.26. The number of hydrogen-bond acceptors (Lipinski definition) is 7. The van der Waals surface area contributed by atoms with E-state index in [0.29, 0.717) is 0 Å². The molecule has 12 heteroatoms. The minimum atomic E-state index is -5.38. The SMILES string of the molecule is O=P([O-])(O)OP(=O)([O-])OCO.[Na+].[Na+]. The zero-order valence-electron chi connectivity index (χ0n) is 6.95. The molecule has 0 aliphatic rings. The van der Waals surface area contributed by atoms with Gasteiger partial charge >= 0.3 is 59.1 Å². The molecular formula is CH4Na2O8P2. The summed E-state index contributed by atoms with van der Waals surface area (Å²) >= 11 is 0. The van der Waals surface area contributed by atoms with Crippen LogP contribution in [0.3, 0.4) is 0 Å². The fraction of sp³-hybridized carbons (Fsp3) is 1.00. The third-order valence-electron chi connectivity index (χ3n) is 0.419. The summed E-state index contributed by atoms with van der Waals surface area (Å²) in [6, 6.07) is 0. The van der Waals surface area contributed by atoms with Crippen molar-refractivity contribution >= 4 is 15.6 Å². The Kier molecular flexibility index (Phi) is 13.3. The van der Waals surface area contributed by atoms with Crippen LogP contribution in [0.2, 0.25) is 0 Å². The molecular weight excluding hydrogens is 248 g/mol. The van der Waals surface area contributed by atoms with Crippen LogP contribution in [0.15, 0.2) is 0 Å². The molecule has 2 unspecified atom stereocenters. The summed E-state index contributed by atoms with van der Waals surface area (Å²) in [4.78, 5) is 27.7. The van der Waals surface area contributed by atoms with Crippen molar-refractivity contribution in [1.82, 2.24) is 0 Å². The first-order valence-electron chi connectivity index (χ1n) is 2.08. The van der Waals surface area contributed by atoms with E-state index >= 15 is 0 Å². The van der Waals surface area contributed by atoms with Gasteiger partial charge in [0.2, 0.25) is 0 Å². The summed E-state index contributed by atoms with van der Waals surface area (Å²) in [7, 11) is -10.5. The molecule has 0 rings (SSSR count). The third kappa shape index (κ3) is 14.2. The molecule has 0 aliphatic carbocycles. The summed E-state index contributed by atoms with van der Waals surface area (Å²) in [5.41, 5.74) is 0. The molecule has 0 aromatic heterocycles. The molecule has 0 saturated carbocycles. The van der Waals surface area contributed by atoms with Gasteiger partial charge in [0.15, 0.2) is 6.79 Å². The molecule has 0 heterocycles. The van der Waals surface area contributed by atoms with E-state index in [0.717, 1.165) is 0 Å². The van der Waals surface area contributed by atoms with Gasteiger partial charge < -0.3 is 19.8 Å². The maximum atomic E-state index is 10.1. The number of phosphoric acid groups is 2. The average molecular weight is 252 g/mol. The van der Waals surface area contributed by atoms with Crippen LogP contribution in [0.25, 0.3) is 0 Å². The van der Waals surface area contributed by atoms with E-state index in [2.05, 4.69) is 8.83 Å². The molecule has 0 aromatic rings. The molecule has 0 aromatic carbocycles. The van der Waals surface area contributed by atoms with Gasteiger partial charge in [0.1, 0.15) is 0 Å². The van der Waals surface area contributed by atoms with Crippen molar-refractivity contribution in [1.29, 1.82) is 0 Å². The number of phosphoric ester groups is 1. The van der Waals surface area contributed by atoms with E-state index in [-0.39, 0.29) is 59.1 Å². The Morgan fingerprint density at radius 2 is 1.62 bits per heavy atom. The van der Waals surface area contributed by atoms with Gasteiger partial charge in [-0.3, -0.25) is 13.7 Å². The quantitative estimate of drug-likeness (QED) is 0.285. The predicted molar refractivity (Wildman–Crippen MR) is 26.7 cm³/mol. The average Bonchev–Trinajstić information content (AvgIpc) is 1.55. The zero-order valence-corrected chi connectivity index (χ0v) is 12.7. The van der Waals surface area contributed by atoms with Gasteiger partial charge in [-0.15, -0.1) is 0 Å². The molecule has 0 aliphatic heterocycles. The smallest absolute Gasteiger partial charge is 0.756 e. The van der Waals surface area contributed by atoms with Crippen LogP contribution in [0.5, 0.6) is 0 Å². The molecule has 0 amide bonds. The molecule has 8 nitrogen and oxygen atoms in total. The number of rotatable bonds is 4. The van der Waals surface area contributed by atoms with Gasteiger partial charge in [-0.05, 0) is 0 Å². The second-order valence-corrected chi connectivity index (χ2v) is 4.00. The van der Waals surface area contributed by atoms with Gasteiger partial charge in [-0.25, -0.2) is 4.31 Å². The Hall–Kier alpha value is 2.22. The van der Waals surface area contributed by atoms with Gasteiger partial charge in [-0.1, -0.05) is 0 Å². The third-order valence-corrected chi connectivity index (χ3v) is 2.48. The van der Waals surface area contributed by atoms with E-state index in [1.807, 2.05) is 0 Å². The molecule has 68 valence electrons. The van der Waals surface area contributed by atoms with Crippen molar-refractivity contribution < 1.29 is 96.9 Å². The first-order valence-corrected chi connectivity index (χ1v) is 5.04.